The van der Waals surface area contributed by atoms with Crippen LogP contribution in [0.25, 0.3) is 0 Å². The molecule has 0 fully saturated rings. The van der Waals surface area contributed by atoms with E-state index in [4.69, 9.17) is 9.84 Å². The summed E-state index contributed by atoms with van der Waals surface area (Å²) in [7, 11) is 0. The predicted octanol–water partition coefficient (Wildman–Crippen LogP) is 5.19. The second kappa shape index (κ2) is 10.8. The molecule has 0 saturated heterocycles. The molecule has 0 bridgehead atoms. The van der Waals surface area contributed by atoms with Crippen LogP contribution in [0, 0.1) is 0 Å². The van der Waals surface area contributed by atoms with Crippen molar-refractivity contribution in [3.05, 3.63) is 101 Å². The number of hydrogen-bond acceptors (Lipinski definition) is 3. The number of ether oxygens (including phenoxy) is 1. The highest BCUT2D eigenvalue weighted by Crippen LogP contribution is 2.39. The number of carboxylic acid groups (broad SMARTS) is 1. The van der Waals surface area contributed by atoms with Gasteiger partial charge < -0.3 is 14.7 Å². The van der Waals surface area contributed by atoms with Gasteiger partial charge in [-0.05, 0) is 53.5 Å². The molecule has 5 nitrogen and oxygen atoms in total. The van der Waals surface area contributed by atoms with E-state index in [1.165, 1.54) is 0 Å². The number of carboxylic acids is 1. The standard InChI is InChI=1S/C28H29NO4/c30-27(29(18-21-9-3-1-4-10-21)19-22-11-5-2-6-12-22)17-23-13-7-15-25-24(23)14-8-16-26(25)33-20-28(31)32/h1-6,8-12,14,16,23H,7,13,15,17-20H2,(H,31,32). The molecule has 1 amide bonds. The molecule has 1 aliphatic rings. The van der Waals surface area contributed by atoms with Gasteiger partial charge in [-0.25, -0.2) is 4.79 Å². The summed E-state index contributed by atoms with van der Waals surface area (Å²) >= 11 is 0. The van der Waals surface area contributed by atoms with E-state index in [0.29, 0.717) is 25.3 Å². The fourth-order valence-corrected chi connectivity index (χ4v) is 4.58. The highest BCUT2D eigenvalue weighted by atomic mass is 16.5. The van der Waals surface area contributed by atoms with Crippen LogP contribution in [0.4, 0.5) is 0 Å². The zero-order chi connectivity index (χ0) is 23.0. The molecule has 0 radical (unpaired) electrons. The summed E-state index contributed by atoms with van der Waals surface area (Å²) in [6.07, 6.45) is 3.16. The first kappa shape index (κ1) is 22.6. The van der Waals surface area contributed by atoms with Crippen LogP contribution in [0.5, 0.6) is 5.75 Å². The molecule has 1 atom stereocenters. The molecule has 0 spiro atoms. The third-order valence-electron chi connectivity index (χ3n) is 6.15. The lowest BCUT2D eigenvalue weighted by Crippen LogP contribution is -2.31. The monoisotopic (exact) mass is 443 g/mol. The number of rotatable bonds is 9. The minimum absolute atomic E-state index is 0.101. The summed E-state index contributed by atoms with van der Waals surface area (Å²) in [5, 5.41) is 8.98. The lowest BCUT2D eigenvalue weighted by atomic mass is 9.80. The van der Waals surface area contributed by atoms with Crippen molar-refractivity contribution in [2.45, 2.75) is 44.7 Å². The summed E-state index contributed by atoms with van der Waals surface area (Å²) in [4.78, 5) is 26.4. The quantitative estimate of drug-likeness (QED) is 0.494. The molecule has 1 unspecified atom stereocenters. The Morgan fingerprint density at radius 2 is 1.52 bits per heavy atom. The zero-order valence-electron chi connectivity index (χ0n) is 18.7. The van der Waals surface area contributed by atoms with E-state index in [0.717, 1.165) is 41.5 Å². The van der Waals surface area contributed by atoms with Gasteiger partial charge in [0.2, 0.25) is 5.91 Å². The fourth-order valence-electron chi connectivity index (χ4n) is 4.58. The van der Waals surface area contributed by atoms with Crippen LogP contribution >= 0.6 is 0 Å². The molecule has 0 aromatic heterocycles. The minimum atomic E-state index is -0.993. The van der Waals surface area contributed by atoms with Crippen molar-refractivity contribution in [2.24, 2.45) is 0 Å². The molecular formula is C28H29NO4. The van der Waals surface area contributed by atoms with Crippen molar-refractivity contribution in [3.8, 4) is 5.75 Å². The second-order valence-electron chi connectivity index (χ2n) is 8.52. The van der Waals surface area contributed by atoms with E-state index < -0.39 is 5.97 Å². The van der Waals surface area contributed by atoms with Crippen molar-refractivity contribution in [1.82, 2.24) is 4.90 Å². The second-order valence-corrected chi connectivity index (χ2v) is 8.52. The number of hydrogen-bond donors (Lipinski definition) is 1. The van der Waals surface area contributed by atoms with Crippen molar-refractivity contribution < 1.29 is 19.4 Å². The van der Waals surface area contributed by atoms with Crippen LogP contribution in [-0.2, 0) is 29.1 Å². The normalized spacial score (nSPS) is 14.8. The van der Waals surface area contributed by atoms with Gasteiger partial charge in [-0.3, -0.25) is 4.79 Å². The number of benzene rings is 3. The van der Waals surface area contributed by atoms with Crippen molar-refractivity contribution >= 4 is 11.9 Å². The highest BCUT2D eigenvalue weighted by molar-refractivity contribution is 5.77. The highest BCUT2D eigenvalue weighted by Gasteiger charge is 2.27. The third-order valence-corrected chi connectivity index (χ3v) is 6.15. The largest absolute Gasteiger partial charge is 0.482 e. The smallest absolute Gasteiger partial charge is 0.341 e. The van der Waals surface area contributed by atoms with Gasteiger partial charge in [0.05, 0.1) is 0 Å². The minimum Gasteiger partial charge on any atom is -0.482 e. The number of amides is 1. The lowest BCUT2D eigenvalue weighted by Gasteiger charge is -2.30. The van der Waals surface area contributed by atoms with Crippen LogP contribution in [0.3, 0.4) is 0 Å². The maximum atomic E-state index is 13.5. The molecule has 5 heteroatoms. The van der Waals surface area contributed by atoms with Gasteiger partial charge in [0.15, 0.2) is 6.61 Å². The van der Waals surface area contributed by atoms with E-state index in [1.54, 1.807) is 0 Å². The Balaban J connectivity index is 1.53. The van der Waals surface area contributed by atoms with E-state index in [1.807, 2.05) is 77.7 Å². The van der Waals surface area contributed by atoms with Gasteiger partial charge in [-0.15, -0.1) is 0 Å². The number of aliphatic carboxylic acids is 1. The maximum Gasteiger partial charge on any atom is 0.341 e. The SMILES string of the molecule is O=C(O)COc1cccc2c1CCCC2CC(=O)N(Cc1ccccc1)Cc1ccccc1. The van der Waals surface area contributed by atoms with Gasteiger partial charge in [0.25, 0.3) is 0 Å². The Kier molecular flexibility index (Phi) is 7.40. The first-order valence-electron chi connectivity index (χ1n) is 11.4. The summed E-state index contributed by atoms with van der Waals surface area (Å²) in [5.74, 6) is -0.147. The Hall–Kier alpha value is -3.60. The first-order valence-corrected chi connectivity index (χ1v) is 11.4. The Bertz CT molecular complexity index is 1040. The molecule has 4 rings (SSSR count). The van der Waals surface area contributed by atoms with E-state index in [9.17, 15) is 9.59 Å². The molecule has 0 saturated carbocycles. The predicted molar refractivity (Wildman–Crippen MR) is 127 cm³/mol. The number of carbonyl (C=O) groups excluding carboxylic acids is 1. The summed E-state index contributed by atoms with van der Waals surface area (Å²) in [5.41, 5.74) is 4.36. The molecule has 1 N–H and O–H groups in total. The summed E-state index contributed by atoms with van der Waals surface area (Å²) in [6.45, 7) is 0.772. The zero-order valence-corrected chi connectivity index (χ0v) is 18.7. The molecule has 33 heavy (non-hydrogen) atoms. The Morgan fingerprint density at radius 3 is 2.12 bits per heavy atom. The molecule has 3 aromatic rings. The van der Waals surface area contributed by atoms with E-state index >= 15 is 0 Å². The summed E-state index contributed by atoms with van der Waals surface area (Å²) in [6, 6.07) is 25.9. The Morgan fingerprint density at radius 1 is 0.879 bits per heavy atom. The maximum absolute atomic E-state index is 13.5. The van der Waals surface area contributed by atoms with E-state index in [2.05, 4.69) is 6.07 Å². The number of carbonyl (C=O) groups is 2. The Labute approximate surface area is 194 Å². The molecule has 3 aromatic carbocycles. The van der Waals surface area contributed by atoms with Gasteiger partial charge in [-0.2, -0.15) is 0 Å². The van der Waals surface area contributed by atoms with Crippen LogP contribution in [-0.4, -0.2) is 28.5 Å². The van der Waals surface area contributed by atoms with E-state index in [-0.39, 0.29) is 18.4 Å². The van der Waals surface area contributed by atoms with Crippen LogP contribution in [0.2, 0.25) is 0 Å². The van der Waals surface area contributed by atoms with Crippen LogP contribution in [0.15, 0.2) is 78.9 Å². The van der Waals surface area contributed by atoms with Crippen LogP contribution in [0.1, 0.15) is 47.4 Å². The lowest BCUT2D eigenvalue weighted by molar-refractivity contribution is -0.139. The molecule has 1 aliphatic carbocycles. The molecular weight excluding hydrogens is 414 g/mol. The van der Waals surface area contributed by atoms with Gasteiger partial charge in [0, 0.05) is 19.5 Å². The molecule has 0 aliphatic heterocycles. The average Bonchev–Trinajstić information content (AvgIpc) is 2.84. The fraction of sp³-hybridized carbons (Fsp3) is 0.286. The van der Waals surface area contributed by atoms with Gasteiger partial charge in [-0.1, -0.05) is 72.8 Å². The third kappa shape index (κ3) is 6.01. The van der Waals surface area contributed by atoms with Crippen molar-refractivity contribution in [1.29, 1.82) is 0 Å². The number of nitrogens with zero attached hydrogens (tertiary/aromatic N) is 1. The molecule has 0 heterocycles. The van der Waals surface area contributed by atoms with Crippen molar-refractivity contribution in [2.75, 3.05) is 6.61 Å². The average molecular weight is 444 g/mol. The topological polar surface area (TPSA) is 66.8 Å². The molecule has 170 valence electrons. The van der Waals surface area contributed by atoms with Gasteiger partial charge >= 0.3 is 5.97 Å². The summed E-state index contributed by atoms with van der Waals surface area (Å²) < 4.78 is 5.53. The first-order chi connectivity index (χ1) is 16.1. The van der Waals surface area contributed by atoms with Crippen molar-refractivity contribution in [3.63, 3.8) is 0 Å². The van der Waals surface area contributed by atoms with Crippen LogP contribution < -0.4 is 4.74 Å². The number of fused-ring (bicyclic) bond motifs is 1. The van der Waals surface area contributed by atoms with Gasteiger partial charge in [0.1, 0.15) is 5.75 Å².